The molecule has 0 aromatic heterocycles. The fraction of sp³-hybridized carbons (Fsp3) is 0.400. The number of hydrogen-bond donors (Lipinski definition) is 1. The van der Waals surface area contributed by atoms with Crippen molar-refractivity contribution in [3.05, 3.63) is 33.3 Å². The van der Waals surface area contributed by atoms with E-state index in [1.165, 1.54) is 6.07 Å². The first-order chi connectivity index (χ1) is 7.91. The maximum absolute atomic E-state index is 11.2. The average molecular weight is 277 g/mol. The van der Waals surface area contributed by atoms with Crippen LogP contribution in [-0.2, 0) is 10.8 Å². The Kier molecular flexibility index (Phi) is 4.89. The van der Waals surface area contributed by atoms with Gasteiger partial charge in [-0.1, -0.05) is 11.6 Å². The van der Waals surface area contributed by atoms with Crippen molar-refractivity contribution in [2.75, 3.05) is 18.1 Å². The Labute approximate surface area is 107 Å². The highest BCUT2D eigenvalue weighted by atomic mass is 35.5. The number of nitrogens with zero attached hydrogens (tertiary/aromatic N) is 1. The monoisotopic (exact) mass is 276 g/mol. The molecule has 0 aliphatic carbocycles. The van der Waals surface area contributed by atoms with Crippen molar-refractivity contribution < 1.29 is 9.13 Å². The number of hydrogen-bond acceptors (Lipinski definition) is 4. The second-order valence-electron chi connectivity index (χ2n) is 3.61. The largest absolute Gasteiger partial charge is 0.378 e. The molecule has 5 nitrogen and oxygen atoms in total. The molecule has 2 atom stereocenters. The molecule has 7 heteroatoms. The summed E-state index contributed by atoms with van der Waals surface area (Å²) in [4.78, 5) is 10.3. The van der Waals surface area contributed by atoms with E-state index in [1.807, 2.05) is 6.92 Å². The van der Waals surface area contributed by atoms with Crippen molar-refractivity contribution in [2.45, 2.75) is 12.2 Å². The van der Waals surface area contributed by atoms with Crippen LogP contribution in [-0.4, -0.2) is 27.2 Å². The summed E-state index contributed by atoms with van der Waals surface area (Å²) in [5.74, 6) is 0. The zero-order valence-corrected chi connectivity index (χ0v) is 11.0. The number of anilines is 1. The third kappa shape index (κ3) is 3.98. The van der Waals surface area contributed by atoms with E-state index >= 15 is 0 Å². The first-order valence-corrected chi connectivity index (χ1v) is 6.91. The smallest absolute Gasteiger partial charge is 0.293 e. The molecule has 0 saturated carbocycles. The molecule has 0 heterocycles. The second kappa shape index (κ2) is 5.97. The van der Waals surface area contributed by atoms with Gasteiger partial charge in [0, 0.05) is 39.9 Å². The lowest BCUT2D eigenvalue weighted by Crippen LogP contribution is -2.21. The number of nitrogens with one attached hydrogen (secondary N) is 1. The van der Waals surface area contributed by atoms with Crippen molar-refractivity contribution in [2.24, 2.45) is 0 Å². The number of rotatable bonds is 5. The zero-order chi connectivity index (χ0) is 13.0. The van der Waals surface area contributed by atoms with Crippen molar-refractivity contribution in [1.82, 2.24) is 0 Å². The van der Waals surface area contributed by atoms with Crippen molar-refractivity contribution >= 4 is 33.8 Å². The molecule has 0 radical (unpaired) electrons. The van der Waals surface area contributed by atoms with E-state index < -0.39 is 15.7 Å². The van der Waals surface area contributed by atoms with Gasteiger partial charge in [0.2, 0.25) is 0 Å². The van der Waals surface area contributed by atoms with E-state index in [2.05, 4.69) is 5.32 Å². The van der Waals surface area contributed by atoms with Gasteiger partial charge in [-0.05, 0) is 19.1 Å². The molecule has 0 aliphatic rings. The molecule has 1 rings (SSSR count). The summed E-state index contributed by atoms with van der Waals surface area (Å²) in [6.45, 7) is 2.22. The minimum atomic E-state index is -0.964. The minimum Gasteiger partial charge on any atom is -0.378 e. The summed E-state index contributed by atoms with van der Waals surface area (Å²) in [6, 6.07) is 4.41. The molecule has 2 unspecified atom stereocenters. The molecule has 1 aromatic rings. The molecular formula is C10H13ClN2O3S. The Morgan fingerprint density at radius 3 is 2.76 bits per heavy atom. The van der Waals surface area contributed by atoms with E-state index in [4.69, 9.17) is 11.6 Å². The number of halogens is 1. The highest BCUT2D eigenvalue weighted by molar-refractivity contribution is 7.84. The summed E-state index contributed by atoms with van der Waals surface area (Å²) >= 11 is 5.69. The molecule has 0 saturated heterocycles. The van der Waals surface area contributed by atoms with Crippen LogP contribution in [0.4, 0.5) is 11.4 Å². The molecule has 0 spiro atoms. The molecule has 0 aliphatic heterocycles. The van der Waals surface area contributed by atoms with Crippen LogP contribution in [0.2, 0.25) is 5.02 Å². The fourth-order valence-corrected chi connectivity index (χ4v) is 1.66. The van der Waals surface area contributed by atoms with Gasteiger partial charge in [0.1, 0.15) is 5.69 Å². The summed E-state index contributed by atoms with van der Waals surface area (Å²) in [7, 11) is -0.964. The lowest BCUT2D eigenvalue weighted by molar-refractivity contribution is -0.383. The number of nitro groups is 1. The molecule has 0 fully saturated rings. The Bertz CT molecular complexity index is 453. The first kappa shape index (κ1) is 13.9. The van der Waals surface area contributed by atoms with Crippen molar-refractivity contribution in [3.63, 3.8) is 0 Å². The maximum atomic E-state index is 11.2. The van der Waals surface area contributed by atoms with Crippen LogP contribution in [0, 0.1) is 10.1 Å². The Morgan fingerprint density at radius 1 is 1.59 bits per heavy atom. The van der Waals surface area contributed by atoms with Crippen LogP contribution < -0.4 is 5.32 Å². The third-order valence-corrected chi connectivity index (χ3v) is 3.84. The van der Waals surface area contributed by atoms with Gasteiger partial charge in [-0.3, -0.25) is 14.3 Å². The van der Waals surface area contributed by atoms with Gasteiger partial charge in [0.25, 0.3) is 5.69 Å². The fourth-order valence-electron chi connectivity index (χ4n) is 1.18. The Hall–Kier alpha value is -1.14. The molecule has 0 bridgehead atoms. The number of benzene rings is 1. The van der Waals surface area contributed by atoms with E-state index in [0.717, 1.165) is 0 Å². The number of nitro benzene ring substituents is 1. The molecule has 1 N–H and O–H groups in total. The molecule has 1 aromatic carbocycles. The summed E-state index contributed by atoms with van der Waals surface area (Å²) in [5.41, 5.74) is 0.309. The van der Waals surface area contributed by atoms with Crippen molar-refractivity contribution in [1.29, 1.82) is 0 Å². The topological polar surface area (TPSA) is 72.2 Å². The van der Waals surface area contributed by atoms with Gasteiger partial charge >= 0.3 is 0 Å². The molecule has 17 heavy (non-hydrogen) atoms. The molecule has 94 valence electrons. The predicted octanol–water partition coefficient (Wildman–Crippen LogP) is 2.43. The van der Waals surface area contributed by atoms with Crippen LogP contribution >= 0.6 is 11.6 Å². The highest BCUT2D eigenvalue weighted by Gasteiger charge is 2.15. The lowest BCUT2D eigenvalue weighted by atomic mass is 10.2. The van der Waals surface area contributed by atoms with Gasteiger partial charge < -0.3 is 5.32 Å². The average Bonchev–Trinajstić information content (AvgIpc) is 2.26. The highest BCUT2D eigenvalue weighted by Crippen LogP contribution is 2.27. The maximum Gasteiger partial charge on any atom is 0.293 e. The van der Waals surface area contributed by atoms with E-state index in [0.29, 0.717) is 17.3 Å². The predicted molar refractivity (Wildman–Crippen MR) is 70.1 cm³/mol. The quantitative estimate of drug-likeness (QED) is 0.662. The Morgan fingerprint density at radius 2 is 2.24 bits per heavy atom. The lowest BCUT2D eigenvalue weighted by Gasteiger charge is -2.11. The summed E-state index contributed by atoms with van der Waals surface area (Å²) < 4.78 is 11.2. The normalized spacial score (nSPS) is 14.1. The van der Waals surface area contributed by atoms with E-state index in [9.17, 15) is 14.3 Å². The minimum absolute atomic E-state index is 0.0772. The van der Waals surface area contributed by atoms with Crippen LogP contribution in [0.5, 0.6) is 0 Å². The van der Waals surface area contributed by atoms with Crippen LogP contribution in [0.25, 0.3) is 0 Å². The van der Waals surface area contributed by atoms with Gasteiger partial charge in [0.05, 0.1) is 4.92 Å². The zero-order valence-electron chi connectivity index (χ0n) is 9.47. The van der Waals surface area contributed by atoms with Gasteiger partial charge in [-0.25, -0.2) is 0 Å². The van der Waals surface area contributed by atoms with E-state index in [-0.39, 0.29) is 10.9 Å². The van der Waals surface area contributed by atoms with Crippen LogP contribution in [0.1, 0.15) is 6.92 Å². The second-order valence-corrected chi connectivity index (χ2v) is 5.85. The molecular weight excluding hydrogens is 264 g/mol. The van der Waals surface area contributed by atoms with Crippen LogP contribution in [0.15, 0.2) is 18.2 Å². The first-order valence-electron chi connectivity index (χ1n) is 4.92. The van der Waals surface area contributed by atoms with Gasteiger partial charge in [0.15, 0.2) is 0 Å². The summed E-state index contributed by atoms with van der Waals surface area (Å²) in [6.07, 6.45) is 1.60. The van der Waals surface area contributed by atoms with E-state index in [1.54, 1.807) is 18.4 Å². The summed E-state index contributed by atoms with van der Waals surface area (Å²) in [5, 5.41) is 13.9. The van der Waals surface area contributed by atoms with Crippen LogP contribution in [0.3, 0.4) is 0 Å². The van der Waals surface area contributed by atoms with Gasteiger partial charge in [-0.15, -0.1) is 0 Å². The SMILES string of the molecule is CC(CNc1ccc(Cl)cc1[N+](=O)[O-])S(C)=O. The third-order valence-electron chi connectivity index (χ3n) is 2.30. The van der Waals surface area contributed by atoms with Crippen molar-refractivity contribution in [3.8, 4) is 0 Å². The standard InChI is InChI=1S/C10H13ClN2O3S/c1-7(17(2)16)6-12-9-4-3-8(11)5-10(9)13(14)15/h3-5,7,12H,6H2,1-2H3. The molecule has 0 amide bonds. The Balaban J connectivity index is 2.84. The van der Waals surface area contributed by atoms with Gasteiger partial charge in [-0.2, -0.15) is 0 Å².